The first-order chi connectivity index (χ1) is 14.5. The number of carbonyl (C=O) groups excluding carboxylic acids is 1. The van der Waals surface area contributed by atoms with Gasteiger partial charge in [0, 0.05) is 12.0 Å². The topological polar surface area (TPSA) is 75.1 Å². The normalized spacial score (nSPS) is 15.8. The minimum Gasteiger partial charge on any atom is -0.392 e. The van der Waals surface area contributed by atoms with Crippen molar-refractivity contribution in [1.82, 2.24) is 9.97 Å². The Labute approximate surface area is 178 Å². The number of carbonyl (C=O) groups is 1. The number of aliphatic hydroxyl groups is 1. The first-order valence-corrected chi connectivity index (χ1v) is 11.1. The Balaban J connectivity index is 1.64. The molecule has 5 nitrogen and oxygen atoms in total. The highest BCUT2D eigenvalue weighted by Gasteiger charge is 2.23. The molecule has 2 aliphatic carbocycles. The Morgan fingerprint density at radius 3 is 2.70 bits per heavy atom. The molecule has 2 aliphatic rings. The molecular formula is C25H31N3O2. The van der Waals surface area contributed by atoms with Crippen LogP contribution in [0.15, 0.2) is 23.8 Å². The smallest absolute Gasteiger partial charge is 0.225 e. The van der Waals surface area contributed by atoms with Gasteiger partial charge in [0.15, 0.2) is 5.82 Å². The number of amides is 1. The van der Waals surface area contributed by atoms with Crippen molar-refractivity contribution in [2.24, 2.45) is 5.92 Å². The second-order valence-corrected chi connectivity index (χ2v) is 8.88. The Morgan fingerprint density at radius 2 is 1.97 bits per heavy atom. The van der Waals surface area contributed by atoms with Gasteiger partial charge in [-0.3, -0.25) is 4.79 Å². The summed E-state index contributed by atoms with van der Waals surface area (Å²) < 4.78 is 0. The monoisotopic (exact) mass is 405 g/mol. The number of rotatable bonds is 5. The number of nitrogens with zero attached hydrogens (tertiary/aromatic N) is 2. The summed E-state index contributed by atoms with van der Waals surface area (Å²) in [4.78, 5) is 22.5. The molecule has 1 amide bonds. The SMILES string of the molecule is CC(C)=Cc1nc2c(nc1NC(=O)CC1CCCCC1)CCc1cc(CO)ccc1-2. The van der Waals surface area contributed by atoms with Crippen LogP contribution < -0.4 is 5.32 Å². The lowest BCUT2D eigenvalue weighted by atomic mass is 9.87. The second-order valence-electron chi connectivity index (χ2n) is 8.88. The maximum atomic E-state index is 12.7. The molecule has 1 aromatic heterocycles. The Kier molecular flexibility index (Phi) is 6.28. The van der Waals surface area contributed by atoms with Crippen molar-refractivity contribution in [3.05, 3.63) is 46.3 Å². The van der Waals surface area contributed by atoms with Gasteiger partial charge in [-0.25, -0.2) is 9.97 Å². The number of anilines is 1. The van der Waals surface area contributed by atoms with E-state index in [0.717, 1.165) is 53.8 Å². The van der Waals surface area contributed by atoms with Crippen molar-refractivity contribution in [3.8, 4) is 11.3 Å². The van der Waals surface area contributed by atoms with Crippen LogP contribution in [0.4, 0.5) is 5.82 Å². The van der Waals surface area contributed by atoms with E-state index in [1.807, 2.05) is 32.1 Å². The molecular weight excluding hydrogens is 374 g/mol. The fourth-order valence-corrected chi connectivity index (χ4v) is 4.61. The number of aromatic nitrogens is 2. The fourth-order valence-electron chi connectivity index (χ4n) is 4.61. The Morgan fingerprint density at radius 1 is 1.17 bits per heavy atom. The molecule has 0 atom stereocenters. The highest BCUT2D eigenvalue weighted by atomic mass is 16.3. The summed E-state index contributed by atoms with van der Waals surface area (Å²) in [5, 5.41) is 12.5. The van der Waals surface area contributed by atoms with Crippen LogP contribution in [0.2, 0.25) is 0 Å². The highest BCUT2D eigenvalue weighted by molar-refractivity contribution is 5.92. The number of hydrogen-bond donors (Lipinski definition) is 2. The van der Waals surface area contributed by atoms with Crippen molar-refractivity contribution in [2.45, 2.75) is 71.8 Å². The molecule has 0 radical (unpaired) electrons. The zero-order valence-electron chi connectivity index (χ0n) is 18.0. The third-order valence-electron chi connectivity index (χ3n) is 6.12. The zero-order chi connectivity index (χ0) is 21.1. The molecule has 5 heteroatoms. The summed E-state index contributed by atoms with van der Waals surface area (Å²) in [6.45, 7) is 4.09. The molecule has 0 aliphatic heterocycles. The molecule has 0 saturated heterocycles. The van der Waals surface area contributed by atoms with Gasteiger partial charge in [0.25, 0.3) is 0 Å². The largest absolute Gasteiger partial charge is 0.392 e. The Hall–Kier alpha value is -2.53. The van der Waals surface area contributed by atoms with Crippen LogP contribution in [-0.2, 0) is 24.2 Å². The third kappa shape index (κ3) is 4.62. The summed E-state index contributed by atoms with van der Waals surface area (Å²) in [6.07, 6.45) is 10.3. The number of aryl methyl sites for hydroxylation is 2. The van der Waals surface area contributed by atoms with E-state index in [-0.39, 0.29) is 12.5 Å². The standard InChI is InChI=1S/C25H31N3O2/c1-16(2)12-22-25(28-23(30)14-17-6-4-3-5-7-17)27-21-11-9-19-13-18(15-29)8-10-20(19)24(21)26-22/h8,10,12-13,17,29H,3-7,9,11,14-15H2,1-2H3,(H,27,28,30). The van der Waals surface area contributed by atoms with Crippen LogP contribution >= 0.6 is 0 Å². The minimum absolute atomic E-state index is 0.0425. The average molecular weight is 406 g/mol. The van der Waals surface area contributed by atoms with Crippen molar-refractivity contribution in [3.63, 3.8) is 0 Å². The van der Waals surface area contributed by atoms with Gasteiger partial charge in [-0.05, 0) is 62.7 Å². The summed E-state index contributed by atoms with van der Waals surface area (Å²) in [7, 11) is 0. The van der Waals surface area contributed by atoms with E-state index in [0.29, 0.717) is 23.9 Å². The maximum Gasteiger partial charge on any atom is 0.225 e. The van der Waals surface area contributed by atoms with Crippen molar-refractivity contribution in [1.29, 1.82) is 0 Å². The Bertz CT molecular complexity index is 971. The van der Waals surface area contributed by atoms with Gasteiger partial charge < -0.3 is 10.4 Å². The van der Waals surface area contributed by atoms with Crippen LogP contribution in [0, 0.1) is 5.92 Å². The van der Waals surface area contributed by atoms with Gasteiger partial charge in [0.2, 0.25) is 5.91 Å². The van der Waals surface area contributed by atoms with E-state index in [9.17, 15) is 9.90 Å². The van der Waals surface area contributed by atoms with Crippen LogP contribution in [0.25, 0.3) is 17.3 Å². The predicted molar refractivity (Wildman–Crippen MR) is 120 cm³/mol. The van der Waals surface area contributed by atoms with E-state index in [1.165, 1.54) is 24.8 Å². The van der Waals surface area contributed by atoms with Gasteiger partial charge >= 0.3 is 0 Å². The summed E-state index contributed by atoms with van der Waals surface area (Å²) in [5.74, 6) is 1.11. The van der Waals surface area contributed by atoms with E-state index in [1.54, 1.807) is 0 Å². The second kappa shape index (κ2) is 9.09. The summed E-state index contributed by atoms with van der Waals surface area (Å²) in [5.41, 5.74) is 6.83. The summed E-state index contributed by atoms with van der Waals surface area (Å²) >= 11 is 0. The van der Waals surface area contributed by atoms with E-state index >= 15 is 0 Å². The van der Waals surface area contributed by atoms with Gasteiger partial charge in [-0.15, -0.1) is 0 Å². The molecule has 0 unspecified atom stereocenters. The molecule has 2 N–H and O–H groups in total. The summed E-state index contributed by atoms with van der Waals surface area (Å²) in [6, 6.07) is 6.03. The molecule has 0 spiro atoms. The molecule has 1 saturated carbocycles. The molecule has 1 fully saturated rings. The van der Waals surface area contributed by atoms with Gasteiger partial charge in [-0.1, -0.05) is 43.0 Å². The number of aliphatic hydroxyl groups excluding tert-OH is 1. The van der Waals surface area contributed by atoms with Gasteiger partial charge in [-0.2, -0.15) is 0 Å². The average Bonchev–Trinajstić information content (AvgIpc) is 2.74. The molecule has 4 rings (SSSR count). The van der Waals surface area contributed by atoms with E-state index in [2.05, 4.69) is 11.4 Å². The highest BCUT2D eigenvalue weighted by Crippen LogP contribution is 2.34. The lowest BCUT2D eigenvalue weighted by Gasteiger charge is -2.22. The van der Waals surface area contributed by atoms with E-state index in [4.69, 9.17) is 9.97 Å². The van der Waals surface area contributed by atoms with Crippen molar-refractivity contribution in [2.75, 3.05) is 5.32 Å². The molecule has 30 heavy (non-hydrogen) atoms. The molecule has 1 heterocycles. The lowest BCUT2D eigenvalue weighted by molar-refractivity contribution is -0.117. The quantitative estimate of drug-likeness (QED) is 0.728. The lowest BCUT2D eigenvalue weighted by Crippen LogP contribution is -2.21. The van der Waals surface area contributed by atoms with Crippen LogP contribution in [0.1, 0.15) is 74.9 Å². The first kappa shape index (κ1) is 20.7. The number of nitrogens with one attached hydrogen (secondary N) is 1. The number of allylic oxidation sites excluding steroid dienone is 1. The number of benzene rings is 1. The van der Waals surface area contributed by atoms with Crippen LogP contribution in [0.3, 0.4) is 0 Å². The van der Waals surface area contributed by atoms with Crippen LogP contribution in [-0.4, -0.2) is 21.0 Å². The zero-order valence-corrected chi connectivity index (χ0v) is 18.0. The molecule has 158 valence electrons. The molecule has 1 aromatic carbocycles. The minimum atomic E-state index is 0.0425. The maximum absolute atomic E-state index is 12.7. The van der Waals surface area contributed by atoms with Crippen molar-refractivity contribution < 1.29 is 9.90 Å². The predicted octanol–water partition coefficient (Wildman–Crippen LogP) is 5.07. The number of hydrogen-bond acceptors (Lipinski definition) is 4. The van der Waals surface area contributed by atoms with Crippen LogP contribution in [0.5, 0.6) is 0 Å². The van der Waals surface area contributed by atoms with Gasteiger partial charge in [0.1, 0.15) is 5.69 Å². The fraction of sp³-hybridized carbons (Fsp3) is 0.480. The molecule has 2 aromatic rings. The van der Waals surface area contributed by atoms with Crippen molar-refractivity contribution >= 4 is 17.8 Å². The van der Waals surface area contributed by atoms with Gasteiger partial charge in [0.05, 0.1) is 18.0 Å². The van der Waals surface area contributed by atoms with E-state index < -0.39 is 0 Å². The first-order valence-electron chi connectivity index (χ1n) is 11.1. The third-order valence-corrected chi connectivity index (χ3v) is 6.12. The molecule has 0 bridgehead atoms. The number of fused-ring (bicyclic) bond motifs is 3.